The van der Waals surface area contributed by atoms with E-state index < -0.39 is 17.5 Å². The molecular weight excluding hydrogens is 264 g/mol. The van der Waals surface area contributed by atoms with Gasteiger partial charge in [0.05, 0.1) is 6.61 Å². The van der Waals surface area contributed by atoms with E-state index in [4.69, 9.17) is 9.84 Å². The normalized spacial score (nSPS) is 10.8. The molecule has 0 fully saturated rings. The van der Waals surface area contributed by atoms with Crippen molar-refractivity contribution in [2.75, 3.05) is 19.7 Å². The predicted octanol–water partition coefficient (Wildman–Crippen LogP) is 1.22. The lowest BCUT2D eigenvalue weighted by atomic mass is 10.1. The van der Waals surface area contributed by atoms with Crippen LogP contribution in [0, 0.1) is 0 Å². The minimum absolute atomic E-state index is 0.225. The van der Waals surface area contributed by atoms with Crippen LogP contribution in [-0.2, 0) is 14.3 Å². The molecule has 0 aliphatic carbocycles. The van der Waals surface area contributed by atoms with Crippen LogP contribution in [-0.4, -0.2) is 53.2 Å². The van der Waals surface area contributed by atoms with E-state index >= 15 is 0 Å². The summed E-state index contributed by atoms with van der Waals surface area (Å²) in [6, 6.07) is -0.455. The fraction of sp³-hybridized carbons (Fsp3) is 0.769. The molecule has 20 heavy (non-hydrogen) atoms. The number of esters is 1. The summed E-state index contributed by atoms with van der Waals surface area (Å²) in [4.78, 5) is 35.0. The van der Waals surface area contributed by atoms with Gasteiger partial charge in [0.25, 0.3) is 0 Å². The van der Waals surface area contributed by atoms with Gasteiger partial charge in [-0.15, -0.1) is 0 Å². The first-order chi connectivity index (χ1) is 9.18. The van der Waals surface area contributed by atoms with Crippen LogP contribution >= 0.6 is 0 Å². The molecule has 7 nitrogen and oxygen atoms in total. The van der Waals surface area contributed by atoms with Crippen LogP contribution in [0.15, 0.2) is 0 Å². The summed E-state index contributed by atoms with van der Waals surface area (Å²) in [5, 5.41) is 11.4. The first-order valence-corrected chi connectivity index (χ1v) is 6.61. The lowest BCUT2D eigenvalue weighted by molar-refractivity contribution is -0.143. The highest BCUT2D eigenvalue weighted by atomic mass is 16.5. The summed E-state index contributed by atoms with van der Waals surface area (Å²) in [6.07, 6.45) is 0.679. The summed E-state index contributed by atoms with van der Waals surface area (Å²) < 4.78 is 4.76. The first kappa shape index (κ1) is 18.2. The first-order valence-electron chi connectivity index (χ1n) is 6.61. The molecule has 2 N–H and O–H groups in total. The number of rotatable bonds is 7. The number of carbonyl (C=O) groups excluding carboxylic acids is 2. The molecule has 0 aromatic heterocycles. The highest BCUT2D eigenvalue weighted by Gasteiger charge is 2.28. The van der Waals surface area contributed by atoms with E-state index in [0.29, 0.717) is 19.6 Å². The molecule has 0 aliphatic rings. The molecule has 0 rings (SSSR count). The number of aliphatic carboxylic acids is 1. The van der Waals surface area contributed by atoms with Gasteiger partial charge in [-0.05, 0) is 34.1 Å². The van der Waals surface area contributed by atoms with Crippen LogP contribution in [0.5, 0.6) is 0 Å². The third-order valence-corrected chi connectivity index (χ3v) is 2.49. The highest BCUT2D eigenvalue weighted by molar-refractivity contribution is 5.80. The third kappa shape index (κ3) is 7.60. The van der Waals surface area contributed by atoms with Gasteiger partial charge in [-0.1, -0.05) is 0 Å². The SMILES string of the molecule is CCOC(=O)CCCNC(=O)N(CC(=O)O)C(C)(C)C. The predicted molar refractivity (Wildman–Crippen MR) is 73.4 cm³/mol. The molecule has 116 valence electrons. The second-order valence-corrected chi connectivity index (χ2v) is 5.29. The topological polar surface area (TPSA) is 95.9 Å². The number of urea groups is 1. The number of hydrogen-bond donors (Lipinski definition) is 2. The zero-order valence-corrected chi connectivity index (χ0v) is 12.6. The van der Waals surface area contributed by atoms with Crippen LogP contribution < -0.4 is 5.32 Å². The van der Waals surface area contributed by atoms with Gasteiger partial charge < -0.3 is 20.1 Å². The second kappa shape index (κ2) is 8.39. The largest absolute Gasteiger partial charge is 0.480 e. The van der Waals surface area contributed by atoms with E-state index in [2.05, 4.69) is 5.32 Å². The number of nitrogens with zero attached hydrogens (tertiary/aromatic N) is 1. The number of ether oxygens (including phenoxy) is 1. The minimum atomic E-state index is -1.07. The van der Waals surface area contributed by atoms with Crippen LogP contribution in [0.4, 0.5) is 4.79 Å². The smallest absolute Gasteiger partial charge is 0.323 e. The lowest BCUT2D eigenvalue weighted by Crippen LogP contribution is -2.52. The maximum absolute atomic E-state index is 11.9. The van der Waals surface area contributed by atoms with Gasteiger partial charge in [0, 0.05) is 18.5 Å². The average molecular weight is 288 g/mol. The van der Waals surface area contributed by atoms with E-state index in [9.17, 15) is 14.4 Å². The maximum Gasteiger partial charge on any atom is 0.323 e. The van der Waals surface area contributed by atoms with Crippen molar-refractivity contribution in [3.05, 3.63) is 0 Å². The molecule has 0 atom stereocenters. The van der Waals surface area contributed by atoms with Crippen molar-refractivity contribution in [3.8, 4) is 0 Å². The minimum Gasteiger partial charge on any atom is -0.480 e. The van der Waals surface area contributed by atoms with Gasteiger partial charge in [-0.2, -0.15) is 0 Å². The number of amides is 2. The monoisotopic (exact) mass is 288 g/mol. The van der Waals surface area contributed by atoms with Crippen molar-refractivity contribution in [2.24, 2.45) is 0 Å². The standard InChI is InChI=1S/C13H24N2O5/c1-5-20-11(18)7-6-8-14-12(19)15(9-10(16)17)13(2,3)4/h5-9H2,1-4H3,(H,14,19)(H,16,17). The van der Waals surface area contributed by atoms with Crippen LogP contribution in [0.2, 0.25) is 0 Å². The Labute approximate surface area is 119 Å². The molecule has 0 bridgehead atoms. The maximum atomic E-state index is 11.9. The van der Waals surface area contributed by atoms with E-state index in [1.165, 1.54) is 4.90 Å². The molecule has 0 aliphatic heterocycles. The second-order valence-electron chi connectivity index (χ2n) is 5.29. The Morgan fingerprint density at radius 2 is 1.85 bits per heavy atom. The molecule has 0 saturated heterocycles. The Morgan fingerprint density at radius 1 is 1.25 bits per heavy atom. The lowest BCUT2D eigenvalue weighted by Gasteiger charge is -2.34. The quantitative estimate of drug-likeness (QED) is 0.542. The molecule has 0 aromatic carbocycles. The van der Waals surface area contributed by atoms with E-state index in [0.717, 1.165) is 0 Å². The average Bonchev–Trinajstić information content (AvgIpc) is 2.30. The van der Waals surface area contributed by atoms with E-state index in [1.54, 1.807) is 27.7 Å². The Kier molecular flexibility index (Phi) is 7.64. The van der Waals surface area contributed by atoms with Crippen LogP contribution in [0.3, 0.4) is 0 Å². The van der Waals surface area contributed by atoms with Crippen molar-refractivity contribution in [1.82, 2.24) is 10.2 Å². The molecule has 7 heteroatoms. The summed E-state index contributed by atoms with van der Waals surface area (Å²) in [7, 11) is 0. The number of carboxylic acid groups (broad SMARTS) is 1. The zero-order chi connectivity index (χ0) is 15.8. The highest BCUT2D eigenvalue weighted by Crippen LogP contribution is 2.12. The van der Waals surface area contributed by atoms with Gasteiger partial charge in [0.2, 0.25) is 0 Å². The Balaban J connectivity index is 4.21. The Bertz CT molecular complexity index is 349. The molecule has 0 spiro atoms. The number of hydrogen-bond acceptors (Lipinski definition) is 4. The summed E-state index contributed by atoms with van der Waals surface area (Å²) >= 11 is 0. The van der Waals surface area contributed by atoms with Crippen LogP contribution in [0.1, 0.15) is 40.5 Å². The molecule has 0 unspecified atom stereocenters. The molecule has 0 aromatic rings. The van der Waals surface area contributed by atoms with Gasteiger partial charge >= 0.3 is 18.0 Å². The molecule has 2 amide bonds. The Morgan fingerprint density at radius 3 is 2.30 bits per heavy atom. The summed E-state index contributed by atoms with van der Waals surface area (Å²) in [5.74, 6) is -1.37. The molecule has 0 saturated carbocycles. The number of carboxylic acids is 1. The number of carbonyl (C=O) groups is 3. The molecule has 0 radical (unpaired) electrons. The third-order valence-electron chi connectivity index (χ3n) is 2.49. The summed E-state index contributed by atoms with van der Waals surface area (Å²) in [5.41, 5.74) is -0.594. The van der Waals surface area contributed by atoms with Crippen molar-refractivity contribution in [1.29, 1.82) is 0 Å². The van der Waals surface area contributed by atoms with Gasteiger partial charge in [0.1, 0.15) is 6.54 Å². The Hall–Kier alpha value is -1.79. The van der Waals surface area contributed by atoms with Gasteiger partial charge in [-0.3, -0.25) is 9.59 Å². The van der Waals surface area contributed by atoms with E-state index in [1.807, 2.05) is 0 Å². The van der Waals surface area contributed by atoms with Gasteiger partial charge in [-0.25, -0.2) is 4.79 Å². The number of nitrogens with one attached hydrogen (secondary N) is 1. The van der Waals surface area contributed by atoms with Crippen molar-refractivity contribution in [2.45, 2.75) is 46.1 Å². The summed E-state index contributed by atoms with van der Waals surface area (Å²) in [6.45, 7) is 7.27. The van der Waals surface area contributed by atoms with Crippen molar-refractivity contribution < 1.29 is 24.2 Å². The molecule has 0 heterocycles. The van der Waals surface area contributed by atoms with Crippen LogP contribution in [0.25, 0.3) is 0 Å². The van der Waals surface area contributed by atoms with Crippen molar-refractivity contribution >= 4 is 18.0 Å². The zero-order valence-electron chi connectivity index (χ0n) is 12.6. The fourth-order valence-corrected chi connectivity index (χ4v) is 1.51. The van der Waals surface area contributed by atoms with E-state index in [-0.39, 0.29) is 18.9 Å². The molecular formula is C13H24N2O5. The van der Waals surface area contributed by atoms with Crippen molar-refractivity contribution in [3.63, 3.8) is 0 Å². The fourth-order valence-electron chi connectivity index (χ4n) is 1.51. The van der Waals surface area contributed by atoms with Gasteiger partial charge in [0.15, 0.2) is 0 Å².